The summed E-state index contributed by atoms with van der Waals surface area (Å²) < 4.78 is 5.40. The van der Waals surface area contributed by atoms with Gasteiger partial charge in [0.25, 0.3) is 0 Å². The summed E-state index contributed by atoms with van der Waals surface area (Å²) in [5.41, 5.74) is 2.77. The van der Waals surface area contributed by atoms with Crippen LogP contribution in [0.25, 0.3) is 11.3 Å². The van der Waals surface area contributed by atoms with Crippen LogP contribution in [-0.2, 0) is 0 Å². The second-order valence-corrected chi connectivity index (χ2v) is 4.85. The van der Waals surface area contributed by atoms with Gasteiger partial charge in [-0.05, 0) is 35.7 Å². The molecule has 4 heteroatoms. The Morgan fingerprint density at radius 3 is 2.60 bits per heavy atom. The zero-order valence-electron chi connectivity index (χ0n) is 11.8. The molecular formula is C16H17NO3. The highest BCUT2D eigenvalue weighted by atomic mass is 16.5. The van der Waals surface area contributed by atoms with Crippen molar-refractivity contribution < 1.29 is 14.6 Å². The van der Waals surface area contributed by atoms with Crippen LogP contribution in [0, 0.1) is 0 Å². The Labute approximate surface area is 118 Å². The lowest BCUT2D eigenvalue weighted by Gasteiger charge is -2.12. The third-order valence-corrected chi connectivity index (χ3v) is 3.18. The van der Waals surface area contributed by atoms with E-state index in [1.807, 2.05) is 18.2 Å². The van der Waals surface area contributed by atoms with E-state index in [9.17, 15) is 4.79 Å². The Morgan fingerprint density at radius 1 is 1.25 bits per heavy atom. The van der Waals surface area contributed by atoms with E-state index in [-0.39, 0.29) is 5.56 Å². The maximum absolute atomic E-state index is 11.0. The molecule has 0 radical (unpaired) electrons. The zero-order valence-corrected chi connectivity index (χ0v) is 11.8. The van der Waals surface area contributed by atoms with E-state index in [0.29, 0.717) is 17.4 Å². The SMILES string of the molecule is COc1cc(C(C)C)ccc1-c1cc(C(=O)O)ccn1. The summed E-state index contributed by atoms with van der Waals surface area (Å²) in [5, 5.41) is 9.04. The van der Waals surface area contributed by atoms with Crippen molar-refractivity contribution in [2.24, 2.45) is 0 Å². The molecular weight excluding hydrogens is 254 g/mol. The lowest BCUT2D eigenvalue weighted by Crippen LogP contribution is -1.98. The largest absolute Gasteiger partial charge is 0.496 e. The number of carbonyl (C=O) groups is 1. The van der Waals surface area contributed by atoms with Crippen molar-refractivity contribution in [3.63, 3.8) is 0 Å². The molecule has 1 aromatic carbocycles. The lowest BCUT2D eigenvalue weighted by molar-refractivity contribution is 0.0697. The van der Waals surface area contributed by atoms with E-state index in [4.69, 9.17) is 9.84 Å². The summed E-state index contributed by atoms with van der Waals surface area (Å²) in [5.74, 6) is 0.133. The number of pyridine rings is 1. The summed E-state index contributed by atoms with van der Waals surface area (Å²) >= 11 is 0. The van der Waals surface area contributed by atoms with Gasteiger partial charge in [-0.3, -0.25) is 4.98 Å². The van der Waals surface area contributed by atoms with Gasteiger partial charge < -0.3 is 9.84 Å². The second kappa shape index (κ2) is 5.74. The molecule has 0 saturated carbocycles. The van der Waals surface area contributed by atoms with Crippen LogP contribution in [0.3, 0.4) is 0 Å². The van der Waals surface area contributed by atoms with E-state index in [1.165, 1.54) is 17.8 Å². The van der Waals surface area contributed by atoms with E-state index in [2.05, 4.69) is 18.8 Å². The van der Waals surface area contributed by atoms with Gasteiger partial charge in [-0.1, -0.05) is 19.9 Å². The number of methoxy groups -OCH3 is 1. The fourth-order valence-corrected chi connectivity index (χ4v) is 1.99. The van der Waals surface area contributed by atoms with Crippen LogP contribution in [0.15, 0.2) is 36.5 Å². The van der Waals surface area contributed by atoms with Crippen LogP contribution >= 0.6 is 0 Å². The van der Waals surface area contributed by atoms with E-state index in [0.717, 1.165) is 5.56 Å². The predicted octanol–water partition coefficient (Wildman–Crippen LogP) is 3.58. The average Bonchev–Trinajstić information content (AvgIpc) is 2.46. The molecule has 2 aromatic rings. The fourth-order valence-electron chi connectivity index (χ4n) is 1.99. The number of ether oxygens (including phenoxy) is 1. The third kappa shape index (κ3) is 2.79. The summed E-state index contributed by atoms with van der Waals surface area (Å²) in [6, 6.07) is 8.92. The number of carboxylic acids is 1. The molecule has 0 fully saturated rings. The molecule has 2 rings (SSSR count). The third-order valence-electron chi connectivity index (χ3n) is 3.18. The topological polar surface area (TPSA) is 59.4 Å². The van der Waals surface area contributed by atoms with Gasteiger partial charge in [0.1, 0.15) is 5.75 Å². The molecule has 1 N–H and O–H groups in total. The molecule has 1 heterocycles. The molecule has 0 aliphatic rings. The summed E-state index contributed by atoms with van der Waals surface area (Å²) in [7, 11) is 1.60. The molecule has 0 aliphatic heterocycles. The molecule has 0 unspecified atom stereocenters. The molecule has 0 aliphatic carbocycles. The van der Waals surface area contributed by atoms with Crippen molar-refractivity contribution in [3.8, 4) is 17.0 Å². The van der Waals surface area contributed by atoms with Crippen LogP contribution < -0.4 is 4.74 Å². The highest BCUT2D eigenvalue weighted by Crippen LogP contribution is 2.32. The van der Waals surface area contributed by atoms with Crippen molar-refractivity contribution >= 4 is 5.97 Å². The molecule has 0 saturated heterocycles. The van der Waals surface area contributed by atoms with Crippen molar-refractivity contribution in [2.75, 3.05) is 7.11 Å². The number of hydrogen-bond acceptors (Lipinski definition) is 3. The second-order valence-electron chi connectivity index (χ2n) is 4.85. The van der Waals surface area contributed by atoms with Crippen molar-refractivity contribution in [1.29, 1.82) is 0 Å². The first-order valence-electron chi connectivity index (χ1n) is 6.40. The first kappa shape index (κ1) is 14.1. The van der Waals surface area contributed by atoms with Crippen molar-refractivity contribution in [1.82, 2.24) is 4.98 Å². The minimum absolute atomic E-state index is 0.213. The van der Waals surface area contributed by atoms with Gasteiger partial charge >= 0.3 is 5.97 Å². The minimum Gasteiger partial charge on any atom is -0.496 e. The van der Waals surface area contributed by atoms with Gasteiger partial charge in [0.05, 0.1) is 18.4 Å². The Morgan fingerprint density at radius 2 is 2.00 bits per heavy atom. The molecule has 0 spiro atoms. The van der Waals surface area contributed by atoms with Gasteiger partial charge in [-0.15, -0.1) is 0 Å². The van der Waals surface area contributed by atoms with E-state index in [1.54, 1.807) is 13.2 Å². The van der Waals surface area contributed by atoms with Gasteiger partial charge in [0.15, 0.2) is 0 Å². The Bertz CT molecular complexity index is 635. The Hall–Kier alpha value is -2.36. The number of carboxylic acid groups (broad SMARTS) is 1. The smallest absolute Gasteiger partial charge is 0.335 e. The quantitative estimate of drug-likeness (QED) is 0.923. The molecule has 0 atom stereocenters. The lowest BCUT2D eigenvalue weighted by atomic mass is 9.99. The number of hydrogen-bond donors (Lipinski definition) is 1. The maximum atomic E-state index is 11.0. The average molecular weight is 271 g/mol. The van der Waals surface area contributed by atoms with Gasteiger partial charge in [0, 0.05) is 11.8 Å². The van der Waals surface area contributed by atoms with Crippen LogP contribution in [0.2, 0.25) is 0 Å². The number of benzene rings is 1. The van der Waals surface area contributed by atoms with Crippen LogP contribution in [0.5, 0.6) is 5.75 Å². The first-order valence-corrected chi connectivity index (χ1v) is 6.40. The Balaban J connectivity index is 2.52. The monoisotopic (exact) mass is 271 g/mol. The first-order chi connectivity index (χ1) is 9.52. The van der Waals surface area contributed by atoms with Gasteiger partial charge in [-0.25, -0.2) is 4.79 Å². The van der Waals surface area contributed by atoms with E-state index < -0.39 is 5.97 Å². The summed E-state index contributed by atoms with van der Waals surface area (Å²) in [4.78, 5) is 15.3. The van der Waals surface area contributed by atoms with Crippen LogP contribution in [0.1, 0.15) is 35.7 Å². The number of aromatic carboxylic acids is 1. The Kier molecular flexibility index (Phi) is 4.03. The highest BCUT2D eigenvalue weighted by Gasteiger charge is 2.12. The summed E-state index contributed by atoms with van der Waals surface area (Å²) in [6.07, 6.45) is 1.49. The molecule has 104 valence electrons. The van der Waals surface area contributed by atoms with Crippen LogP contribution in [0.4, 0.5) is 0 Å². The molecule has 4 nitrogen and oxygen atoms in total. The maximum Gasteiger partial charge on any atom is 0.335 e. The van der Waals surface area contributed by atoms with Crippen molar-refractivity contribution in [2.45, 2.75) is 19.8 Å². The van der Waals surface area contributed by atoms with Crippen LogP contribution in [-0.4, -0.2) is 23.2 Å². The molecule has 1 aromatic heterocycles. The van der Waals surface area contributed by atoms with Gasteiger partial charge in [0.2, 0.25) is 0 Å². The fraction of sp³-hybridized carbons (Fsp3) is 0.250. The van der Waals surface area contributed by atoms with E-state index >= 15 is 0 Å². The standard InChI is InChI=1S/C16H17NO3/c1-10(2)11-4-5-13(15(9-11)20-3)14-8-12(16(18)19)6-7-17-14/h4-10H,1-3H3,(H,18,19). The van der Waals surface area contributed by atoms with Crippen molar-refractivity contribution in [3.05, 3.63) is 47.7 Å². The molecule has 0 amide bonds. The highest BCUT2D eigenvalue weighted by molar-refractivity contribution is 5.89. The van der Waals surface area contributed by atoms with Gasteiger partial charge in [-0.2, -0.15) is 0 Å². The number of rotatable bonds is 4. The normalized spacial score (nSPS) is 10.6. The zero-order chi connectivity index (χ0) is 14.7. The number of nitrogens with zero attached hydrogens (tertiary/aromatic N) is 1. The number of aromatic nitrogens is 1. The molecule has 20 heavy (non-hydrogen) atoms. The summed E-state index contributed by atoms with van der Waals surface area (Å²) in [6.45, 7) is 4.22. The minimum atomic E-state index is -0.966. The molecule has 0 bridgehead atoms. The predicted molar refractivity (Wildman–Crippen MR) is 77.3 cm³/mol.